The molecule has 1 amide bonds. The molecule has 120 valence electrons. The normalized spacial score (nSPS) is 36.9. The van der Waals surface area contributed by atoms with Crippen molar-refractivity contribution in [2.45, 2.75) is 44.9 Å². The third-order valence-electron chi connectivity index (χ3n) is 5.91. The molecule has 2 N–H and O–H groups in total. The standard InChI is InChI=1S/C17H30N2O2/c1-21-5-4-18-12-16(20)19-3-2-17-9-13-6-14(10-17)8-15(7-13)11-17/h13-15,18H,2-12H2,1H3,(H,19,20). The van der Waals surface area contributed by atoms with Crippen LogP contribution in [0.25, 0.3) is 0 Å². The Morgan fingerprint density at radius 3 is 2.29 bits per heavy atom. The van der Waals surface area contributed by atoms with Crippen molar-refractivity contribution >= 4 is 5.91 Å². The topological polar surface area (TPSA) is 50.4 Å². The van der Waals surface area contributed by atoms with E-state index in [2.05, 4.69) is 10.6 Å². The van der Waals surface area contributed by atoms with Gasteiger partial charge in [-0.1, -0.05) is 0 Å². The van der Waals surface area contributed by atoms with Gasteiger partial charge in [0.05, 0.1) is 13.2 Å². The molecule has 4 aliphatic carbocycles. The van der Waals surface area contributed by atoms with E-state index in [9.17, 15) is 4.79 Å². The van der Waals surface area contributed by atoms with Crippen molar-refractivity contribution in [3.05, 3.63) is 0 Å². The van der Waals surface area contributed by atoms with Crippen molar-refractivity contribution in [1.82, 2.24) is 10.6 Å². The van der Waals surface area contributed by atoms with Gasteiger partial charge in [0.15, 0.2) is 0 Å². The summed E-state index contributed by atoms with van der Waals surface area (Å²) in [4.78, 5) is 11.8. The molecule has 0 radical (unpaired) electrons. The van der Waals surface area contributed by atoms with E-state index in [0.717, 1.165) is 30.8 Å². The Labute approximate surface area is 128 Å². The lowest BCUT2D eigenvalue weighted by molar-refractivity contribution is -0.120. The molecule has 0 heterocycles. The van der Waals surface area contributed by atoms with Crippen molar-refractivity contribution in [3.8, 4) is 0 Å². The average molecular weight is 294 g/mol. The van der Waals surface area contributed by atoms with Gasteiger partial charge >= 0.3 is 0 Å². The van der Waals surface area contributed by atoms with Crippen LogP contribution in [0.3, 0.4) is 0 Å². The number of ether oxygens (including phenoxy) is 1. The molecule has 0 saturated heterocycles. The van der Waals surface area contributed by atoms with Crippen molar-refractivity contribution in [2.75, 3.05) is 33.4 Å². The van der Waals surface area contributed by atoms with Crippen LogP contribution in [-0.2, 0) is 9.53 Å². The fraction of sp³-hybridized carbons (Fsp3) is 0.941. The van der Waals surface area contributed by atoms with Crippen LogP contribution < -0.4 is 10.6 Å². The van der Waals surface area contributed by atoms with Gasteiger partial charge in [-0.05, 0) is 68.1 Å². The molecule has 4 heteroatoms. The molecular formula is C17H30N2O2. The molecule has 0 aromatic rings. The van der Waals surface area contributed by atoms with Gasteiger partial charge in [-0.3, -0.25) is 4.79 Å². The van der Waals surface area contributed by atoms with Crippen LogP contribution in [0.2, 0.25) is 0 Å². The Morgan fingerprint density at radius 1 is 1.10 bits per heavy atom. The first kappa shape index (κ1) is 15.3. The van der Waals surface area contributed by atoms with Crippen LogP contribution >= 0.6 is 0 Å². The first-order valence-corrected chi connectivity index (χ1v) is 8.65. The number of nitrogens with one attached hydrogen (secondary N) is 2. The summed E-state index contributed by atoms with van der Waals surface area (Å²) in [5, 5.41) is 6.19. The van der Waals surface area contributed by atoms with Gasteiger partial charge in [0.25, 0.3) is 0 Å². The lowest BCUT2D eigenvalue weighted by atomic mass is 9.49. The maximum Gasteiger partial charge on any atom is 0.233 e. The maximum absolute atomic E-state index is 11.8. The monoisotopic (exact) mass is 294 g/mol. The molecular weight excluding hydrogens is 264 g/mol. The van der Waals surface area contributed by atoms with E-state index in [1.165, 1.54) is 44.9 Å². The first-order chi connectivity index (χ1) is 10.2. The highest BCUT2D eigenvalue weighted by Gasteiger charge is 2.50. The molecule has 4 nitrogen and oxygen atoms in total. The van der Waals surface area contributed by atoms with E-state index in [1.54, 1.807) is 7.11 Å². The number of carbonyl (C=O) groups is 1. The predicted molar refractivity (Wildman–Crippen MR) is 83.0 cm³/mol. The maximum atomic E-state index is 11.8. The molecule has 0 aromatic carbocycles. The van der Waals surface area contributed by atoms with E-state index >= 15 is 0 Å². The van der Waals surface area contributed by atoms with Crippen LogP contribution in [0.1, 0.15) is 44.9 Å². The van der Waals surface area contributed by atoms with Gasteiger partial charge in [0.1, 0.15) is 0 Å². The zero-order valence-electron chi connectivity index (χ0n) is 13.3. The van der Waals surface area contributed by atoms with E-state index in [-0.39, 0.29) is 5.91 Å². The molecule has 0 aromatic heterocycles. The fourth-order valence-corrected chi connectivity index (χ4v) is 5.50. The molecule has 4 aliphatic rings. The van der Waals surface area contributed by atoms with Crippen LogP contribution in [0.15, 0.2) is 0 Å². The number of amides is 1. The third kappa shape index (κ3) is 3.78. The first-order valence-electron chi connectivity index (χ1n) is 8.65. The number of hydrogen-bond acceptors (Lipinski definition) is 3. The average Bonchev–Trinajstić information content (AvgIpc) is 2.42. The van der Waals surface area contributed by atoms with Gasteiger partial charge < -0.3 is 15.4 Å². The van der Waals surface area contributed by atoms with Crippen LogP contribution in [0.4, 0.5) is 0 Å². The second-order valence-electron chi connectivity index (χ2n) is 7.69. The summed E-state index contributed by atoms with van der Waals surface area (Å²) in [5.41, 5.74) is 0.575. The van der Waals surface area contributed by atoms with E-state index < -0.39 is 0 Å². The summed E-state index contributed by atoms with van der Waals surface area (Å²) in [6.45, 7) is 2.65. The number of hydrogen-bond donors (Lipinski definition) is 2. The second-order valence-corrected chi connectivity index (χ2v) is 7.69. The lowest BCUT2D eigenvalue weighted by Gasteiger charge is -2.57. The van der Waals surface area contributed by atoms with Gasteiger partial charge in [0.2, 0.25) is 5.91 Å². The summed E-state index contributed by atoms with van der Waals surface area (Å²) in [6, 6.07) is 0. The number of carbonyl (C=O) groups excluding carboxylic acids is 1. The second kappa shape index (κ2) is 6.66. The fourth-order valence-electron chi connectivity index (χ4n) is 5.50. The zero-order valence-corrected chi connectivity index (χ0v) is 13.3. The predicted octanol–water partition coefficient (Wildman–Crippen LogP) is 1.95. The summed E-state index contributed by atoms with van der Waals surface area (Å²) in [6.07, 6.45) is 9.97. The zero-order chi connectivity index (χ0) is 14.7. The van der Waals surface area contributed by atoms with Crippen molar-refractivity contribution in [1.29, 1.82) is 0 Å². The molecule has 0 aliphatic heterocycles. The van der Waals surface area contributed by atoms with Gasteiger partial charge in [-0.25, -0.2) is 0 Å². The Kier molecular flexibility index (Phi) is 4.85. The minimum Gasteiger partial charge on any atom is -0.383 e. The smallest absolute Gasteiger partial charge is 0.233 e. The third-order valence-corrected chi connectivity index (χ3v) is 5.91. The molecule has 4 saturated carbocycles. The Hall–Kier alpha value is -0.610. The summed E-state index contributed by atoms with van der Waals surface area (Å²) >= 11 is 0. The molecule has 4 fully saturated rings. The largest absolute Gasteiger partial charge is 0.383 e. The molecule has 4 bridgehead atoms. The van der Waals surface area contributed by atoms with Crippen LogP contribution in [0, 0.1) is 23.2 Å². The van der Waals surface area contributed by atoms with Gasteiger partial charge in [-0.15, -0.1) is 0 Å². The number of methoxy groups -OCH3 is 1. The molecule has 21 heavy (non-hydrogen) atoms. The summed E-state index contributed by atoms with van der Waals surface area (Å²) in [7, 11) is 1.67. The minimum absolute atomic E-state index is 0.121. The lowest BCUT2D eigenvalue weighted by Crippen LogP contribution is -2.47. The summed E-state index contributed by atoms with van der Waals surface area (Å²) in [5.74, 6) is 3.13. The van der Waals surface area contributed by atoms with Crippen LogP contribution in [0.5, 0.6) is 0 Å². The minimum atomic E-state index is 0.121. The van der Waals surface area contributed by atoms with E-state index in [0.29, 0.717) is 18.6 Å². The molecule has 0 spiro atoms. The van der Waals surface area contributed by atoms with Crippen molar-refractivity contribution in [3.63, 3.8) is 0 Å². The molecule has 4 rings (SSSR count). The highest BCUT2D eigenvalue weighted by molar-refractivity contribution is 5.77. The van der Waals surface area contributed by atoms with E-state index in [4.69, 9.17) is 4.74 Å². The summed E-state index contributed by atoms with van der Waals surface area (Å²) < 4.78 is 4.95. The van der Waals surface area contributed by atoms with E-state index in [1.807, 2.05) is 0 Å². The highest BCUT2D eigenvalue weighted by Crippen LogP contribution is 2.61. The Morgan fingerprint density at radius 2 is 1.71 bits per heavy atom. The Bertz CT molecular complexity index is 335. The SMILES string of the molecule is COCCNCC(=O)NCCC12CC3CC(CC(C3)C1)C2. The number of rotatable bonds is 8. The highest BCUT2D eigenvalue weighted by atomic mass is 16.5. The van der Waals surface area contributed by atoms with Crippen molar-refractivity contribution in [2.24, 2.45) is 23.2 Å². The van der Waals surface area contributed by atoms with Crippen molar-refractivity contribution < 1.29 is 9.53 Å². The van der Waals surface area contributed by atoms with Crippen LogP contribution in [-0.4, -0.2) is 39.3 Å². The van der Waals surface area contributed by atoms with Gasteiger partial charge in [-0.2, -0.15) is 0 Å². The van der Waals surface area contributed by atoms with Gasteiger partial charge in [0, 0.05) is 20.2 Å². The quantitative estimate of drug-likeness (QED) is 0.673. The Balaban J connectivity index is 1.36. The molecule has 0 atom stereocenters. The molecule has 0 unspecified atom stereocenters.